The first-order valence-corrected chi connectivity index (χ1v) is 8.37. The number of benzene rings is 1. The molecule has 0 bridgehead atoms. The van der Waals surface area contributed by atoms with E-state index in [9.17, 15) is 9.18 Å². The number of nitrogens with one attached hydrogen (secondary N) is 1. The summed E-state index contributed by atoms with van der Waals surface area (Å²) in [4.78, 5) is 14.8. The van der Waals surface area contributed by atoms with Crippen molar-refractivity contribution in [1.82, 2.24) is 10.2 Å². The van der Waals surface area contributed by atoms with Crippen LogP contribution in [-0.2, 0) is 11.2 Å². The number of amides is 1. The minimum Gasteiger partial charge on any atom is -0.338 e. The molecule has 0 radical (unpaired) electrons. The van der Waals surface area contributed by atoms with E-state index in [-0.39, 0.29) is 17.6 Å². The third-order valence-electron chi connectivity index (χ3n) is 4.40. The Bertz CT molecular complexity index is 486. The molecule has 0 saturated carbocycles. The number of hydrogen-bond donors (Lipinski definition) is 1. The van der Waals surface area contributed by atoms with Gasteiger partial charge in [0.1, 0.15) is 5.82 Å². The Balaban J connectivity index is 1.91. The van der Waals surface area contributed by atoms with E-state index >= 15 is 0 Å². The van der Waals surface area contributed by atoms with Crippen LogP contribution in [-0.4, -0.2) is 36.5 Å². The van der Waals surface area contributed by atoms with Gasteiger partial charge < -0.3 is 10.2 Å². The number of hydrogen-bond acceptors (Lipinski definition) is 2. The van der Waals surface area contributed by atoms with Crippen molar-refractivity contribution in [3.63, 3.8) is 0 Å². The molecule has 1 heterocycles. The van der Waals surface area contributed by atoms with Crippen LogP contribution in [0.25, 0.3) is 0 Å². The molecule has 2 unspecified atom stereocenters. The molecule has 0 spiro atoms. The molecule has 1 N–H and O–H groups in total. The molecule has 1 amide bonds. The van der Waals surface area contributed by atoms with Gasteiger partial charge in [0.25, 0.3) is 0 Å². The number of carbonyl (C=O) groups excluding carboxylic acids is 1. The maximum atomic E-state index is 13.2. The fourth-order valence-electron chi connectivity index (χ4n) is 3.10. The van der Waals surface area contributed by atoms with Crippen molar-refractivity contribution >= 4 is 5.91 Å². The van der Waals surface area contributed by atoms with Crippen LogP contribution in [0.2, 0.25) is 0 Å². The first-order valence-electron chi connectivity index (χ1n) is 8.37. The predicted octanol–water partition coefficient (Wildman–Crippen LogP) is 2.99. The van der Waals surface area contributed by atoms with Crippen LogP contribution in [0.1, 0.15) is 38.7 Å². The Morgan fingerprint density at radius 2 is 2.32 bits per heavy atom. The second-order valence-electron chi connectivity index (χ2n) is 6.25. The third-order valence-corrected chi connectivity index (χ3v) is 4.40. The van der Waals surface area contributed by atoms with Gasteiger partial charge in [0.05, 0.1) is 0 Å². The van der Waals surface area contributed by atoms with Crippen molar-refractivity contribution < 1.29 is 9.18 Å². The van der Waals surface area contributed by atoms with E-state index in [4.69, 9.17) is 0 Å². The molecule has 1 saturated heterocycles. The van der Waals surface area contributed by atoms with Gasteiger partial charge in [0.2, 0.25) is 5.91 Å². The summed E-state index contributed by atoms with van der Waals surface area (Å²) in [5.41, 5.74) is 0.962. The highest BCUT2D eigenvalue weighted by atomic mass is 19.1. The van der Waals surface area contributed by atoms with Gasteiger partial charge in [-0.25, -0.2) is 4.39 Å². The summed E-state index contributed by atoms with van der Waals surface area (Å²) in [7, 11) is 0. The molecule has 1 aromatic carbocycles. The van der Waals surface area contributed by atoms with E-state index < -0.39 is 0 Å². The lowest BCUT2D eigenvalue weighted by Gasteiger charge is -2.30. The fourth-order valence-corrected chi connectivity index (χ4v) is 3.10. The first kappa shape index (κ1) is 16.9. The average Bonchev–Trinajstić information content (AvgIpc) is 3.03. The van der Waals surface area contributed by atoms with Gasteiger partial charge >= 0.3 is 0 Å². The number of aryl methyl sites for hydroxylation is 1. The van der Waals surface area contributed by atoms with Crippen LogP contribution in [0, 0.1) is 11.7 Å². The van der Waals surface area contributed by atoms with E-state index in [0.717, 1.165) is 50.9 Å². The molecule has 122 valence electrons. The van der Waals surface area contributed by atoms with Crippen LogP contribution >= 0.6 is 0 Å². The Hall–Kier alpha value is -1.42. The Morgan fingerprint density at radius 1 is 1.50 bits per heavy atom. The number of rotatable bonds is 7. The van der Waals surface area contributed by atoms with Crippen molar-refractivity contribution in [3.8, 4) is 0 Å². The van der Waals surface area contributed by atoms with Crippen LogP contribution in [0.3, 0.4) is 0 Å². The van der Waals surface area contributed by atoms with Gasteiger partial charge in [0.15, 0.2) is 0 Å². The van der Waals surface area contributed by atoms with E-state index in [1.807, 2.05) is 13.0 Å². The molecule has 4 heteroatoms. The molecular weight excluding hydrogens is 279 g/mol. The highest BCUT2D eigenvalue weighted by Gasteiger charge is 2.28. The molecule has 2 rings (SSSR count). The van der Waals surface area contributed by atoms with Gasteiger partial charge in [-0.1, -0.05) is 26.0 Å². The molecule has 1 fully saturated rings. The topological polar surface area (TPSA) is 32.3 Å². The normalized spacial score (nSPS) is 19.1. The number of carbonyl (C=O) groups is 1. The molecule has 1 aliphatic heterocycles. The molecule has 0 aliphatic carbocycles. The minimum atomic E-state index is -0.207. The minimum absolute atomic E-state index is 0.0181. The smallest absolute Gasteiger partial charge is 0.225 e. The van der Waals surface area contributed by atoms with Gasteiger partial charge in [-0.3, -0.25) is 4.79 Å². The lowest BCUT2D eigenvalue weighted by molar-refractivity contribution is -0.137. The lowest BCUT2D eigenvalue weighted by atomic mass is 9.98. The largest absolute Gasteiger partial charge is 0.338 e. The van der Waals surface area contributed by atoms with E-state index in [2.05, 4.69) is 17.1 Å². The highest BCUT2D eigenvalue weighted by Crippen LogP contribution is 2.17. The molecule has 1 aromatic rings. The third kappa shape index (κ3) is 4.54. The maximum absolute atomic E-state index is 13.2. The lowest BCUT2D eigenvalue weighted by Crippen LogP contribution is -2.44. The maximum Gasteiger partial charge on any atom is 0.225 e. The van der Waals surface area contributed by atoms with Crippen molar-refractivity contribution in [2.75, 3.05) is 19.6 Å². The zero-order valence-corrected chi connectivity index (χ0v) is 13.6. The molecule has 0 aromatic heterocycles. The Labute approximate surface area is 132 Å². The van der Waals surface area contributed by atoms with E-state index in [1.54, 1.807) is 12.1 Å². The zero-order chi connectivity index (χ0) is 15.9. The van der Waals surface area contributed by atoms with Gasteiger partial charge in [-0.05, 0) is 49.9 Å². The summed E-state index contributed by atoms with van der Waals surface area (Å²) in [6.07, 6.45) is 3.54. The summed E-state index contributed by atoms with van der Waals surface area (Å²) in [5.74, 6) is 0.0171. The summed E-state index contributed by atoms with van der Waals surface area (Å²) in [6, 6.07) is 7.00. The van der Waals surface area contributed by atoms with Crippen LogP contribution in [0.4, 0.5) is 4.39 Å². The van der Waals surface area contributed by atoms with Crippen molar-refractivity contribution in [2.45, 2.75) is 45.6 Å². The van der Waals surface area contributed by atoms with Gasteiger partial charge in [-0.15, -0.1) is 0 Å². The molecule has 3 nitrogen and oxygen atoms in total. The van der Waals surface area contributed by atoms with Crippen LogP contribution < -0.4 is 5.32 Å². The van der Waals surface area contributed by atoms with E-state index in [0.29, 0.717) is 6.04 Å². The van der Waals surface area contributed by atoms with E-state index in [1.165, 1.54) is 6.07 Å². The molecule has 1 aliphatic rings. The molecular formula is C18H27FN2O. The average molecular weight is 306 g/mol. The van der Waals surface area contributed by atoms with Gasteiger partial charge in [-0.2, -0.15) is 0 Å². The summed E-state index contributed by atoms with van der Waals surface area (Å²) in [6.45, 7) is 6.83. The molecule has 22 heavy (non-hydrogen) atoms. The van der Waals surface area contributed by atoms with Crippen molar-refractivity contribution in [2.24, 2.45) is 5.92 Å². The van der Waals surface area contributed by atoms with Crippen LogP contribution in [0.15, 0.2) is 24.3 Å². The first-order chi connectivity index (χ1) is 10.6. The SMILES string of the molecule is CCCN(C(=O)C(C)CCc1cccc(F)c1)C1CCNC1. The fraction of sp³-hybridized carbons (Fsp3) is 0.611. The quantitative estimate of drug-likeness (QED) is 0.840. The summed E-state index contributed by atoms with van der Waals surface area (Å²) < 4.78 is 13.2. The standard InChI is InChI=1S/C18H27FN2O/c1-3-11-21(17-9-10-20-13-17)18(22)14(2)7-8-15-5-4-6-16(19)12-15/h4-6,12,14,17,20H,3,7-11,13H2,1-2H3. The second kappa shape index (κ2) is 8.28. The number of nitrogens with zero attached hydrogens (tertiary/aromatic N) is 1. The van der Waals surface area contributed by atoms with Crippen LogP contribution in [0.5, 0.6) is 0 Å². The monoisotopic (exact) mass is 306 g/mol. The predicted molar refractivity (Wildman–Crippen MR) is 87.2 cm³/mol. The van der Waals surface area contributed by atoms with Gasteiger partial charge in [0, 0.05) is 25.0 Å². The molecule has 2 atom stereocenters. The highest BCUT2D eigenvalue weighted by molar-refractivity contribution is 5.79. The zero-order valence-electron chi connectivity index (χ0n) is 13.6. The van der Waals surface area contributed by atoms with Crippen molar-refractivity contribution in [3.05, 3.63) is 35.6 Å². The summed E-state index contributed by atoms with van der Waals surface area (Å²) >= 11 is 0. The second-order valence-corrected chi connectivity index (χ2v) is 6.25. The summed E-state index contributed by atoms with van der Waals surface area (Å²) in [5, 5.41) is 3.33. The Morgan fingerprint density at radius 3 is 2.95 bits per heavy atom. The number of halogens is 1. The van der Waals surface area contributed by atoms with Crippen molar-refractivity contribution in [1.29, 1.82) is 0 Å². The Kier molecular flexibility index (Phi) is 6.37.